The standard InChI is InChI=1S/C15H13FN2O2S/c1-10-7-13(16)8-11(2)15(10)21(19,20)18-14-5-3-12(9-17)4-6-14/h3-8,18H,1-2H3. The zero-order valence-corrected chi connectivity index (χ0v) is 12.3. The molecule has 0 spiro atoms. The number of benzene rings is 2. The molecule has 0 fully saturated rings. The molecule has 0 aromatic heterocycles. The summed E-state index contributed by atoms with van der Waals surface area (Å²) in [4.78, 5) is 0.0632. The Morgan fingerprint density at radius 1 is 1.10 bits per heavy atom. The van der Waals surface area contributed by atoms with Crippen LogP contribution in [0.2, 0.25) is 0 Å². The minimum Gasteiger partial charge on any atom is -0.280 e. The molecule has 2 aromatic carbocycles. The molecule has 0 saturated heterocycles. The zero-order chi connectivity index (χ0) is 15.6. The van der Waals surface area contributed by atoms with Crippen molar-refractivity contribution in [1.29, 1.82) is 5.26 Å². The number of hydrogen-bond acceptors (Lipinski definition) is 3. The van der Waals surface area contributed by atoms with Gasteiger partial charge in [-0.15, -0.1) is 0 Å². The quantitative estimate of drug-likeness (QED) is 0.947. The highest BCUT2D eigenvalue weighted by molar-refractivity contribution is 7.92. The van der Waals surface area contributed by atoms with Gasteiger partial charge in [-0.3, -0.25) is 4.72 Å². The van der Waals surface area contributed by atoms with Gasteiger partial charge in [-0.05, 0) is 61.4 Å². The van der Waals surface area contributed by atoms with Crippen LogP contribution >= 0.6 is 0 Å². The zero-order valence-electron chi connectivity index (χ0n) is 11.5. The molecule has 0 atom stereocenters. The Morgan fingerprint density at radius 3 is 2.10 bits per heavy atom. The first-order valence-corrected chi connectivity index (χ1v) is 7.61. The summed E-state index contributed by atoms with van der Waals surface area (Å²) in [7, 11) is -3.81. The molecule has 0 amide bonds. The van der Waals surface area contributed by atoms with Gasteiger partial charge in [0.15, 0.2) is 0 Å². The van der Waals surface area contributed by atoms with Crippen LogP contribution in [0.4, 0.5) is 10.1 Å². The van der Waals surface area contributed by atoms with Crippen LogP contribution in [-0.2, 0) is 10.0 Å². The monoisotopic (exact) mass is 304 g/mol. The lowest BCUT2D eigenvalue weighted by Crippen LogP contribution is -2.16. The number of aryl methyl sites for hydroxylation is 2. The molecule has 108 valence electrons. The normalized spacial score (nSPS) is 11.0. The van der Waals surface area contributed by atoms with Gasteiger partial charge in [-0.2, -0.15) is 5.26 Å². The van der Waals surface area contributed by atoms with Crippen molar-refractivity contribution in [2.24, 2.45) is 0 Å². The van der Waals surface area contributed by atoms with Crippen molar-refractivity contribution in [3.63, 3.8) is 0 Å². The molecule has 0 bridgehead atoms. The third-order valence-electron chi connectivity index (χ3n) is 2.96. The maximum Gasteiger partial charge on any atom is 0.262 e. The van der Waals surface area contributed by atoms with Crippen LogP contribution in [0.15, 0.2) is 41.3 Å². The molecule has 21 heavy (non-hydrogen) atoms. The molecule has 0 aliphatic heterocycles. The van der Waals surface area contributed by atoms with E-state index >= 15 is 0 Å². The van der Waals surface area contributed by atoms with E-state index in [2.05, 4.69) is 4.72 Å². The van der Waals surface area contributed by atoms with E-state index in [-0.39, 0.29) is 4.90 Å². The Bertz CT molecular complexity index is 799. The first-order valence-electron chi connectivity index (χ1n) is 6.13. The highest BCUT2D eigenvalue weighted by Crippen LogP contribution is 2.24. The van der Waals surface area contributed by atoms with Crippen LogP contribution in [0, 0.1) is 31.0 Å². The SMILES string of the molecule is Cc1cc(F)cc(C)c1S(=O)(=O)Nc1ccc(C#N)cc1. The summed E-state index contributed by atoms with van der Waals surface area (Å²) >= 11 is 0. The Hall–Kier alpha value is -2.39. The molecular formula is C15H13FN2O2S. The van der Waals surface area contributed by atoms with Crippen LogP contribution in [-0.4, -0.2) is 8.42 Å². The van der Waals surface area contributed by atoms with Gasteiger partial charge in [-0.1, -0.05) is 0 Å². The fourth-order valence-electron chi connectivity index (χ4n) is 2.14. The molecule has 0 aliphatic carbocycles. The van der Waals surface area contributed by atoms with E-state index < -0.39 is 15.8 Å². The van der Waals surface area contributed by atoms with Gasteiger partial charge < -0.3 is 0 Å². The lowest BCUT2D eigenvalue weighted by atomic mass is 10.1. The predicted molar refractivity (Wildman–Crippen MR) is 77.8 cm³/mol. The Balaban J connectivity index is 2.41. The van der Waals surface area contributed by atoms with Gasteiger partial charge in [0.05, 0.1) is 16.5 Å². The number of anilines is 1. The number of halogens is 1. The van der Waals surface area contributed by atoms with Crippen LogP contribution < -0.4 is 4.72 Å². The van der Waals surface area contributed by atoms with Crippen LogP contribution in [0.1, 0.15) is 16.7 Å². The largest absolute Gasteiger partial charge is 0.280 e. The van der Waals surface area contributed by atoms with Gasteiger partial charge in [0.2, 0.25) is 0 Å². The van der Waals surface area contributed by atoms with Crippen molar-refractivity contribution in [1.82, 2.24) is 0 Å². The lowest BCUT2D eigenvalue weighted by Gasteiger charge is -2.13. The molecule has 2 rings (SSSR count). The first kappa shape index (κ1) is 15.0. The molecule has 0 unspecified atom stereocenters. The van der Waals surface area contributed by atoms with E-state index in [4.69, 9.17) is 5.26 Å². The van der Waals surface area contributed by atoms with Gasteiger partial charge in [0.1, 0.15) is 5.82 Å². The van der Waals surface area contributed by atoms with Gasteiger partial charge in [0.25, 0.3) is 10.0 Å². The van der Waals surface area contributed by atoms with Gasteiger partial charge in [0, 0.05) is 5.69 Å². The van der Waals surface area contributed by atoms with Crippen molar-refractivity contribution in [2.75, 3.05) is 4.72 Å². The number of sulfonamides is 1. The second-order valence-corrected chi connectivity index (χ2v) is 6.28. The summed E-state index contributed by atoms with van der Waals surface area (Å²) in [6.45, 7) is 3.09. The fourth-order valence-corrected chi connectivity index (χ4v) is 3.65. The molecule has 1 N–H and O–H groups in total. The number of rotatable bonds is 3. The third-order valence-corrected chi connectivity index (χ3v) is 4.65. The van der Waals surface area contributed by atoms with E-state index in [0.717, 1.165) is 0 Å². The molecule has 0 radical (unpaired) electrons. The molecule has 4 nitrogen and oxygen atoms in total. The second kappa shape index (κ2) is 5.54. The third kappa shape index (κ3) is 3.20. The maximum absolute atomic E-state index is 13.3. The molecule has 6 heteroatoms. The second-order valence-electron chi connectivity index (χ2n) is 4.66. The van der Waals surface area contributed by atoms with Crippen LogP contribution in [0.3, 0.4) is 0 Å². The molecule has 0 aliphatic rings. The van der Waals surface area contributed by atoms with Crippen molar-refractivity contribution < 1.29 is 12.8 Å². The lowest BCUT2D eigenvalue weighted by molar-refractivity contribution is 0.597. The predicted octanol–water partition coefficient (Wildman–Crippen LogP) is 3.12. The summed E-state index contributed by atoms with van der Waals surface area (Å²) in [5.74, 6) is -0.470. The van der Waals surface area contributed by atoms with Crippen molar-refractivity contribution >= 4 is 15.7 Å². The first-order chi connectivity index (χ1) is 9.83. The highest BCUT2D eigenvalue weighted by atomic mass is 32.2. The smallest absolute Gasteiger partial charge is 0.262 e. The van der Waals surface area contributed by atoms with E-state index in [1.54, 1.807) is 13.8 Å². The Labute approximate surface area is 122 Å². The number of hydrogen-bond donors (Lipinski definition) is 1. The molecular weight excluding hydrogens is 291 g/mol. The summed E-state index contributed by atoms with van der Waals surface area (Å²) in [5, 5.41) is 8.71. The molecule has 0 saturated carbocycles. The number of nitriles is 1. The van der Waals surface area contributed by atoms with Crippen LogP contribution in [0.25, 0.3) is 0 Å². The van der Waals surface area contributed by atoms with Crippen molar-refractivity contribution in [3.8, 4) is 6.07 Å². The minimum absolute atomic E-state index is 0.0632. The Morgan fingerprint density at radius 2 is 1.62 bits per heavy atom. The average molecular weight is 304 g/mol. The molecule has 0 heterocycles. The summed E-state index contributed by atoms with van der Waals surface area (Å²) in [5.41, 5.74) is 1.46. The highest BCUT2D eigenvalue weighted by Gasteiger charge is 2.20. The Kier molecular flexibility index (Phi) is 3.96. The van der Waals surface area contributed by atoms with Crippen molar-refractivity contribution in [3.05, 3.63) is 58.9 Å². The van der Waals surface area contributed by atoms with Gasteiger partial charge >= 0.3 is 0 Å². The van der Waals surface area contributed by atoms with E-state index in [1.807, 2.05) is 6.07 Å². The van der Waals surface area contributed by atoms with E-state index in [1.165, 1.54) is 36.4 Å². The summed E-state index contributed by atoms with van der Waals surface area (Å²) in [6.07, 6.45) is 0. The van der Waals surface area contributed by atoms with E-state index in [0.29, 0.717) is 22.4 Å². The maximum atomic E-state index is 13.3. The topological polar surface area (TPSA) is 70.0 Å². The summed E-state index contributed by atoms with van der Waals surface area (Å²) < 4.78 is 40.5. The fraction of sp³-hybridized carbons (Fsp3) is 0.133. The summed E-state index contributed by atoms with van der Waals surface area (Å²) in [6, 6.07) is 10.4. The van der Waals surface area contributed by atoms with Crippen LogP contribution in [0.5, 0.6) is 0 Å². The molecule has 2 aromatic rings. The van der Waals surface area contributed by atoms with E-state index in [9.17, 15) is 12.8 Å². The number of nitrogens with zero attached hydrogens (tertiary/aromatic N) is 1. The van der Waals surface area contributed by atoms with Crippen molar-refractivity contribution in [2.45, 2.75) is 18.7 Å². The average Bonchev–Trinajstić information content (AvgIpc) is 2.37. The number of nitrogens with one attached hydrogen (secondary N) is 1. The minimum atomic E-state index is -3.81. The van der Waals surface area contributed by atoms with Gasteiger partial charge in [-0.25, -0.2) is 12.8 Å².